The van der Waals surface area contributed by atoms with E-state index in [1.165, 1.54) is 11.8 Å². The van der Waals surface area contributed by atoms with Crippen molar-refractivity contribution in [3.63, 3.8) is 0 Å². The summed E-state index contributed by atoms with van der Waals surface area (Å²) in [7, 11) is 0. The smallest absolute Gasteiger partial charge is 0.326 e. The van der Waals surface area contributed by atoms with Gasteiger partial charge in [-0.3, -0.25) is 4.79 Å². The minimum atomic E-state index is -0.980. The molecule has 15 heavy (non-hydrogen) atoms. The Morgan fingerprint density at radius 3 is 2.27 bits per heavy atom. The predicted octanol–water partition coefficient (Wildman–Crippen LogP) is 1.50. The monoisotopic (exact) mass is 233 g/mol. The van der Waals surface area contributed by atoms with E-state index in [0.717, 1.165) is 0 Å². The topological polar surface area (TPSA) is 66.4 Å². The zero-order valence-corrected chi connectivity index (χ0v) is 10.5. The Bertz CT molecular complexity index is 235. The third kappa shape index (κ3) is 7.25. The summed E-state index contributed by atoms with van der Waals surface area (Å²) >= 11 is 1.50. The number of hydrogen-bond acceptors (Lipinski definition) is 3. The number of aliphatic carboxylic acids is 1. The molecule has 0 radical (unpaired) electrons. The molecule has 0 rings (SSSR count). The third-order valence-electron chi connectivity index (χ3n) is 1.68. The standard InChI is InChI=1S/C10H19NO3S/c1-5-7(9(13)14)11-8(12)6-15-10(2,3)4/h7H,5-6H2,1-4H3,(H,11,12)(H,13,14)/t7-/m0/s1. The first kappa shape index (κ1) is 14.3. The number of nitrogens with one attached hydrogen (secondary N) is 1. The number of hydrogen-bond donors (Lipinski definition) is 2. The molecule has 0 spiro atoms. The molecule has 0 aliphatic carbocycles. The molecule has 0 aliphatic heterocycles. The Morgan fingerprint density at radius 2 is 1.93 bits per heavy atom. The summed E-state index contributed by atoms with van der Waals surface area (Å²) < 4.78 is 0.0161. The molecule has 0 bridgehead atoms. The zero-order valence-electron chi connectivity index (χ0n) is 9.66. The molecule has 2 N–H and O–H groups in total. The Hall–Kier alpha value is -0.710. The predicted molar refractivity (Wildman–Crippen MR) is 62.1 cm³/mol. The highest BCUT2D eigenvalue weighted by Crippen LogP contribution is 2.22. The van der Waals surface area contributed by atoms with Gasteiger partial charge in [0.15, 0.2) is 0 Å². The van der Waals surface area contributed by atoms with E-state index in [0.29, 0.717) is 12.2 Å². The molecule has 0 saturated heterocycles. The zero-order chi connectivity index (χ0) is 12.1. The second-order valence-corrected chi connectivity index (χ2v) is 6.07. The van der Waals surface area contributed by atoms with Crippen LogP contribution in [0.5, 0.6) is 0 Å². The molecule has 1 atom stereocenters. The number of carbonyl (C=O) groups is 2. The molecule has 0 heterocycles. The summed E-state index contributed by atoms with van der Waals surface area (Å²) in [5.41, 5.74) is 0. The van der Waals surface area contributed by atoms with Gasteiger partial charge in [0.25, 0.3) is 0 Å². The lowest BCUT2D eigenvalue weighted by molar-refractivity contribution is -0.141. The summed E-state index contributed by atoms with van der Waals surface area (Å²) in [5.74, 6) is -0.899. The van der Waals surface area contributed by atoms with E-state index < -0.39 is 12.0 Å². The highest BCUT2D eigenvalue weighted by atomic mass is 32.2. The van der Waals surface area contributed by atoms with Crippen molar-refractivity contribution >= 4 is 23.6 Å². The lowest BCUT2D eigenvalue weighted by Gasteiger charge is -2.18. The minimum absolute atomic E-state index is 0.0161. The van der Waals surface area contributed by atoms with Crippen molar-refractivity contribution in [2.45, 2.75) is 44.9 Å². The van der Waals surface area contributed by atoms with Crippen LogP contribution in [0.3, 0.4) is 0 Å². The lowest BCUT2D eigenvalue weighted by atomic mass is 10.2. The van der Waals surface area contributed by atoms with E-state index >= 15 is 0 Å². The average Bonchev–Trinajstić information content (AvgIpc) is 2.09. The van der Waals surface area contributed by atoms with Crippen LogP contribution in [0.25, 0.3) is 0 Å². The maximum Gasteiger partial charge on any atom is 0.326 e. The third-order valence-corrected chi connectivity index (χ3v) is 2.95. The highest BCUT2D eigenvalue weighted by Gasteiger charge is 2.19. The lowest BCUT2D eigenvalue weighted by Crippen LogP contribution is -2.41. The summed E-state index contributed by atoms with van der Waals surface area (Å²) in [6.45, 7) is 7.77. The quantitative estimate of drug-likeness (QED) is 0.755. The fraction of sp³-hybridized carbons (Fsp3) is 0.800. The fourth-order valence-electron chi connectivity index (χ4n) is 0.856. The van der Waals surface area contributed by atoms with Crippen molar-refractivity contribution in [2.24, 2.45) is 0 Å². The van der Waals surface area contributed by atoms with Gasteiger partial charge in [0.05, 0.1) is 5.75 Å². The molecule has 88 valence electrons. The van der Waals surface area contributed by atoms with Gasteiger partial charge < -0.3 is 10.4 Å². The van der Waals surface area contributed by atoms with Crippen LogP contribution in [0, 0.1) is 0 Å². The van der Waals surface area contributed by atoms with Crippen molar-refractivity contribution in [2.75, 3.05) is 5.75 Å². The van der Waals surface area contributed by atoms with Crippen molar-refractivity contribution in [1.82, 2.24) is 5.32 Å². The van der Waals surface area contributed by atoms with Crippen molar-refractivity contribution in [3.05, 3.63) is 0 Å². The van der Waals surface area contributed by atoms with E-state index in [1.807, 2.05) is 20.8 Å². The van der Waals surface area contributed by atoms with Crippen molar-refractivity contribution < 1.29 is 14.7 Å². The van der Waals surface area contributed by atoms with Crippen LogP contribution >= 0.6 is 11.8 Å². The molecule has 1 amide bonds. The number of amides is 1. The van der Waals surface area contributed by atoms with Gasteiger partial charge in [0, 0.05) is 4.75 Å². The molecule has 0 aromatic heterocycles. The molecular weight excluding hydrogens is 214 g/mol. The molecule has 0 aromatic carbocycles. The largest absolute Gasteiger partial charge is 0.480 e. The van der Waals surface area contributed by atoms with Gasteiger partial charge in [-0.1, -0.05) is 27.7 Å². The number of carboxylic acid groups (broad SMARTS) is 1. The van der Waals surface area contributed by atoms with Gasteiger partial charge in [-0.15, -0.1) is 11.8 Å². The Morgan fingerprint density at radius 1 is 1.40 bits per heavy atom. The van der Waals surface area contributed by atoms with Crippen LogP contribution in [0.15, 0.2) is 0 Å². The second kappa shape index (κ2) is 6.00. The first-order chi connectivity index (χ1) is 6.76. The maximum atomic E-state index is 11.4. The number of thioether (sulfide) groups is 1. The highest BCUT2D eigenvalue weighted by molar-refractivity contribution is 8.01. The molecular formula is C10H19NO3S. The summed E-state index contributed by atoms with van der Waals surface area (Å²) in [4.78, 5) is 22.0. The number of carboxylic acids is 1. The first-order valence-corrected chi connectivity index (χ1v) is 5.91. The summed E-state index contributed by atoms with van der Waals surface area (Å²) in [6.07, 6.45) is 0.404. The van der Waals surface area contributed by atoms with Crippen LogP contribution in [-0.2, 0) is 9.59 Å². The SMILES string of the molecule is CC[C@H](NC(=O)CSC(C)(C)C)C(=O)O. The van der Waals surface area contributed by atoms with Gasteiger partial charge in [-0.25, -0.2) is 4.79 Å². The Kier molecular flexibility index (Phi) is 5.72. The number of rotatable bonds is 5. The Balaban J connectivity index is 3.98. The van der Waals surface area contributed by atoms with Gasteiger partial charge >= 0.3 is 5.97 Å². The molecule has 0 unspecified atom stereocenters. The number of carbonyl (C=O) groups excluding carboxylic acids is 1. The molecule has 0 aromatic rings. The molecule has 0 fully saturated rings. The van der Waals surface area contributed by atoms with E-state index in [2.05, 4.69) is 5.32 Å². The van der Waals surface area contributed by atoms with E-state index in [4.69, 9.17) is 5.11 Å². The summed E-state index contributed by atoms with van der Waals surface area (Å²) in [5, 5.41) is 11.2. The van der Waals surface area contributed by atoms with Crippen molar-refractivity contribution in [1.29, 1.82) is 0 Å². The minimum Gasteiger partial charge on any atom is -0.480 e. The maximum absolute atomic E-state index is 11.4. The normalized spacial score (nSPS) is 13.3. The molecule has 4 nitrogen and oxygen atoms in total. The second-order valence-electron chi connectivity index (χ2n) is 4.27. The molecule has 5 heteroatoms. The van der Waals surface area contributed by atoms with Gasteiger partial charge in [-0.05, 0) is 6.42 Å². The molecule has 0 saturated carbocycles. The van der Waals surface area contributed by atoms with Crippen LogP contribution in [0.4, 0.5) is 0 Å². The summed E-state index contributed by atoms with van der Waals surface area (Å²) in [6, 6.07) is -0.766. The molecule has 0 aliphatic rings. The van der Waals surface area contributed by atoms with Crippen LogP contribution in [-0.4, -0.2) is 33.5 Å². The van der Waals surface area contributed by atoms with Crippen LogP contribution < -0.4 is 5.32 Å². The van der Waals surface area contributed by atoms with Gasteiger partial charge in [0.2, 0.25) is 5.91 Å². The van der Waals surface area contributed by atoms with Crippen molar-refractivity contribution in [3.8, 4) is 0 Å². The van der Waals surface area contributed by atoms with E-state index in [-0.39, 0.29) is 10.7 Å². The van der Waals surface area contributed by atoms with Crippen LogP contribution in [0.1, 0.15) is 34.1 Å². The first-order valence-electron chi connectivity index (χ1n) is 4.92. The fourth-order valence-corrected chi connectivity index (χ4v) is 1.50. The van der Waals surface area contributed by atoms with E-state index in [9.17, 15) is 9.59 Å². The Labute approximate surface area is 94.8 Å². The van der Waals surface area contributed by atoms with Crippen LogP contribution in [0.2, 0.25) is 0 Å². The van der Waals surface area contributed by atoms with Gasteiger partial charge in [0.1, 0.15) is 6.04 Å². The van der Waals surface area contributed by atoms with E-state index in [1.54, 1.807) is 6.92 Å². The van der Waals surface area contributed by atoms with Gasteiger partial charge in [-0.2, -0.15) is 0 Å². The average molecular weight is 233 g/mol.